The maximum Gasteiger partial charge on any atom is 0.171 e. The lowest BCUT2D eigenvalue weighted by atomic mass is 9.75. The molecule has 0 N–H and O–H groups in total. The summed E-state index contributed by atoms with van der Waals surface area (Å²) in [5, 5.41) is 0. The van der Waals surface area contributed by atoms with Crippen molar-refractivity contribution in [3.63, 3.8) is 0 Å². The summed E-state index contributed by atoms with van der Waals surface area (Å²) in [6.07, 6.45) is 2.51. The number of hydrogen-bond donors (Lipinski definition) is 0. The molecule has 2 rings (SSSR count). The number of ketones is 1. The number of benzene rings is 1. The van der Waals surface area contributed by atoms with Crippen LogP contribution in [0, 0.1) is 11.6 Å². The van der Waals surface area contributed by atoms with Gasteiger partial charge in [-0.15, -0.1) is 0 Å². The van der Waals surface area contributed by atoms with Crippen LogP contribution in [0.5, 0.6) is 0 Å². The van der Waals surface area contributed by atoms with E-state index in [1.807, 2.05) is 0 Å². The van der Waals surface area contributed by atoms with E-state index in [4.69, 9.17) is 4.74 Å². The van der Waals surface area contributed by atoms with Crippen molar-refractivity contribution in [2.24, 2.45) is 0 Å². The Bertz CT molecular complexity index is 479. The minimum absolute atomic E-state index is 0.0216. The minimum Gasteiger partial charge on any atom is -0.378 e. The lowest BCUT2D eigenvalue weighted by Crippen LogP contribution is -2.41. The van der Waals surface area contributed by atoms with Gasteiger partial charge in [0.15, 0.2) is 11.6 Å². The first-order chi connectivity index (χ1) is 8.49. The number of carbonyl (C=O) groups is 1. The second kappa shape index (κ2) is 5.05. The SMILES string of the molecule is COC1(CC(=O)c2c(F)ccc(Br)c2F)CCC1. The molecule has 0 bridgehead atoms. The summed E-state index contributed by atoms with van der Waals surface area (Å²) in [7, 11) is 1.53. The number of halogens is 3. The Morgan fingerprint density at radius 1 is 1.44 bits per heavy atom. The summed E-state index contributed by atoms with van der Waals surface area (Å²) >= 11 is 2.95. The molecule has 5 heteroatoms. The van der Waals surface area contributed by atoms with Crippen LogP contribution in [0.15, 0.2) is 16.6 Å². The molecule has 98 valence electrons. The summed E-state index contributed by atoms with van der Waals surface area (Å²) in [6, 6.07) is 2.33. The molecule has 0 amide bonds. The van der Waals surface area contributed by atoms with Crippen LogP contribution in [-0.2, 0) is 4.74 Å². The quantitative estimate of drug-likeness (QED) is 0.622. The first kappa shape index (κ1) is 13.6. The molecule has 0 heterocycles. The van der Waals surface area contributed by atoms with E-state index in [1.165, 1.54) is 13.2 Å². The van der Waals surface area contributed by atoms with Crippen molar-refractivity contribution in [3.05, 3.63) is 33.8 Å². The van der Waals surface area contributed by atoms with Gasteiger partial charge in [0.05, 0.1) is 15.6 Å². The third kappa shape index (κ3) is 2.34. The molecule has 0 aromatic heterocycles. The van der Waals surface area contributed by atoms with Gasteiger partial charge in [-0.3, -0.25) is 4.79 Å². The Labute approximate surface area is 112 Å². The fourth-order valence-electron chi connectivity index (χ4n) is 2.19. The van der Waals surface area contributed by atoms with Crippen molar-refractivity contribution in [1.29, 1.82) is 0 Å². The zero-order valence-electron chi connectivity index (χ0n) is 9.93. The first-order valence-electron chi connectivity index (χ1n) is 5.71. The molecule has 0 aliphatic heterocycles. The second-order valence-electron chi connectivity index (χ2n) is 4.56. The molecule has 1 saturated carbocycles. The number of hydrogen-bond acceptors (Lipinski definition) is 2. The average Bonchev–Trinajstić information content (AvgIpc) is 2.29. The molecule has 1 aromatic rings. The fraction of sp³-hybridized carbons (Fsp3) is 0.462. The number of carbonyl (C=O) groups excluding carboxylic acids is 1. The summed E-state index contributed by atoms with van der Waals surface area (Å²) < 4.78 is 32.7. The van der Waals surface area contributed by atoms with Crippen molar-refractivity contribution >= 4 is 21.7 Å². The molecule has 1 aromatic carbocycles. The second-order valence-corrected chi connectivity index (χ2v) is 5.41. The van der Waals surface area contributed by atoms with Gasteiger partial charge in [-0.05, 0) is 47.3 Å². The van der Waals surface area contributed by atoms with Crippen LogP contribution in [0.4, 0.5) is 8.78 Å². The largest absolute Gasteiger partial charge is 0.378 e. The van der Waals surface area contributed by atoms with E-state index >= 15 is 0 Å². The van der Waals surface area contributed by atoms with Gasteiger partial charge in [-0.2, -0.15) is 0 Å². The van der Waals surface area contributed by atoms with Gasteiger partial charge >= 0.3 is 0 Å². The number of methoxy groups -OCH3 is 1. The average molecular weight is 319 g/mol. The molecule has 1 fully saturated rings. The molecule has 1 aliphatic rings. The summed E-state index contributed by atoms with van der Waals surface area (Å²) in [5.74, 6) is -2.22. The van der Waals surface area contributed by atoms with E-state index in [-0.39, 0.29) is 10.9 Å². The van der Waals surface area contributed by atoms with Crippen LogP contribution in [0.3, 0.4) is 0 Å². The van der Waals surface area contributed by atoms with Crippen molar-refractivity contribution in [2.45, 2.75) is 31.3 Å². The van der Waals surface area contributed by atoms with Crippen LogP contribution < -0.4 is 0 Å². The van der Waals surface area contributed by atoms with Crippen LogP contribution in [0.25, 0.3) is 0 Å². The topological polar surface area (TPSA) is 26.3 Å². The highest BCUT2D eigenvalue weighted by Gasteiger charge is 2.40. The zero-order chi connectivity index (χ0) is 13.3. The van der Waals surface area contributed by atoms with Gasteiger partial charge in [0.2, 0.25) is 0 Å². The number of Topliss-reactive ketones (excluding diaryl/α,β-unsaturated/α-hetero) is 1. The molecule has 18 heavy (non-hydrogen) atoms. The van der Waals surface area contributed by atoms with Gasteiger partial charge in [0.1, 0.15) is 5.82 Å². The van der Waals surface area contributed by atoms with Crippen LogP contribution in [0.1, 0.15) is 36.0 Å². The summed E-state index contributed by atoms with van der Waals surface area (Å²) in [4.78, 5) is 12.0. The molecular formula is C13H13BrF2O2. The van der Waals surface area contributed by atoms with Crippen molar-refractivity contribution in [3.8, 4) is 0 Å². The molecule has 2 nitrogen and oxygen atoms in total. The molecular weight excluding hydrogens is 306 g/mol. The molecule has 0 unspecified atom stereocenters. The highest BCUT2D eigenvalue weighted by molar-refractivity contribution is 9.10. The fourth-order valence-corrected chi connectivity index (χ4v) is 2.52. The van der Waals surface area contributed by atoms with E-state index in [0.29, 0.717) is 0 Å². The summed E-state index contributed by atoms with van der Waals surface area (Å²) in [5.41, 5.74) is -1.01. The summed E-state index contributed by atoms with van der Waals surface area (Å²) in [6.45, 7) is 0. The predicted molar refractivity (Wildman–Crippen MR) is 66.6 cm³/mol. The standard InChI is InChI=1S/C13H13BrF2O2/c1-18-13(5-2-6-13)7-10(17)11-9(15)4-3-8(14)12(11)16/h3-4H,2,5-7H2,1H3. The van der Waals surface area contributed by atoms with E-state index in [1.54, 1.807) is 0 Å². The van der Waals surface area contributed by atoms with Gasteiger partial charge in [-0.1, -0.05) is 0 Å². The maximum absolute atomic E-state index is 13.8. The number of rotatable bonds is 4. The molecule has 1 aliphatic carbocycles. The highest BCUT2D eigenvalue weighted by atomic mass is 79.9. The smallest absolute Gasteiger partial charge is 0.171 e. The molecule has 0 spiro atoms. The Morgan fingerprint density at radius 3 is 2.61 bits per heavy atom. The van der Waals surface area contributed by atoms with Crippen LogP contribution in [-0.4, -0.2) is 18.5 Å². The van der Waals surface area contributed by atoms with Gasteiger partial charge in [0.25, 0.3) is 0 Å². The minimum atomic E-state index is -0.842. The van der Waals surface area contributed by atoms with E-state index < -0.39 is 28.6 Å². The first-order valence-corrected chi connectivity index (χ1v) is 6.50. The van der Waals surface area contributed by atoms with E-state index in [0.717, 1.165) is 25.3 Å². The van der Waals surface area contributed by atoms with Crippen molar-refractivity contribution in [2.75, 3.05) is 7.11 Å². The molecule has 0 saturated heterocycles. The number of ether oxygens (including phenoxy) is 1. The third-order valence-electron chi connectivity index (χ3n) is 3.50. The Morgan fingerprint density at radius 2 is 2.11 bits per heavy atom. The van der Waals surface area contributed by atoms with Gasteiger partial charge in [0, 0.05) is 13.5 Å². The predicted octanol–water partition coefficient (Wildman–Crippen LogP) is 3.87. The zero-order valence-corrected chi connectivity index (χ0v) is 11.5. The van der Waals surface area contributed by atoms with Crippen LogP contribution >= 0.6 is 15.9 Å². The van der Waals surface area contributed by atoms with Gasteiger partial charge in [-0.25, -0.2) is 8.78 Å². The van der Waals surface area contributed by atoms with E-state index in [9.17, 15) is 13.6 Å². The Hall–Kier alpha value is -0.810. The molecule has 0 atom stereocenters. The van der Waals surface area contributed by atoms with Crippen molar-refractivity contribution in [1.82, 2.24) is 0 Å². The Kier molecular flexibility index (Phi) is 3.82. The third-order valence-corrected chi connectivity index (χ3v) is 4.12. The maximum atomic E-state index is 13.8. The molecule has 0 radical (unpaired) electrons. The Balaban J connectivity index is 2.26. The van der Waals surface area contributed by atoms with Crippen molar-refractivity contribution < 1.29 is 18.3 Å². The van der Waals surface area contributed by atoms with Gasteiger partial charge < -0.3 is 4.74 Å². The lowest BCUT2D eigenvalue weighted by molar-refractivity contribution is -0.0705. The van der Waals surface area contributed by atoms with E-state index in [2.05, 4.69) is 15.9 Å². The monoisotopic (exact) mass is 318 g/mol. The lowest BCUT2D eigenvalue weighted by Gasteiger charge is -2.40. The van der Waals surface area contributed by atoms with Crippen LogP contribution in [0.2, 0.25) is 0 Å². The highest BCUT2D eigenvalue weighted by Crippen LogP contribution is 2.39. The normalized spacial score (nSPS) is 17.3.